The van der Waals surface area contributed by atoms with E-state index >= 15 is 0 Å². The van der Waals surface area contributed by atoms with Crippen LogP contribution in [-0.2, 0) is 16.2 Å². The average Bonchev–Trinajstić information content (AvgIpc) is 3.06. The summed E-state index contributed by atoms with van der Waals surface area (Å²) < 4.78 is 14.4. The van der Waals surface area contributed by atoms with Crippen molar-refractivity contribution in [3.8, 4) is 0 Å². The summed E-state index contributed by atoms with van der Waals surface area (Å²) in [6.45, 7) is 14.7. The molecule has 0 spiro atoms. The van der Waals surface area contributed by atoms with Crippen molar-refractivity contribution in [1.82, 2.24) is 14.5 Å². The van der Waals surface area contributed by atoms with E-state index in [0.29, 0.717) is 13.3 Å². The van der Waals surface area contributed by atoms with Gasteiger partial charge < -0.3 is 14.0 Å². The normalized spacial score (nSPS) is 18.4. The number of hydrogen-bond donors (Lipinski definition) is 0. The molecule has 8 heteroatoms. The highest BCUT2D eigenvalue weighted by molar-refractivity contribution is 14.1. The van der Waals surface area contributed by atoms with Gasteiger partial charge in [0.05, 0.1) is 6.04 Å². The van der Waals surface area contributed by atoms with Crippen molar-refractivity contribution in [3.63, 3.8) is 0 Å². The van der Waals surface area contributed by atoms with Gasteiger partial charge in [0.1, 0.15) is 21.9 Å². The average molecular weight is 493 g/mol. The van der Waals surface area contributed by atoms with Gasteiger partial charge in [-0.3, -0.25) is 4.90 Å². The van der Waals surface area contributed by atoms with Gasteiger partial charge in [-0.05, 0) is 62.2 Å². The number of carbonyl (C=O) groups is 1. The molecule has 1 aromatic heterocycles. The minimum atomic E-state index is -1.10. The minimum absolute atomic E-state index is 0.0473. The Bertz CT molecular complexity index is 622. The van der Waals surface area contributed by atoms with Crippen molar-refractivity contribution in [2.24, 2.45) is 0 Å². The summed E-state index contributed by atoms with van der Waals surface area (Å²) in [5, 5.41) is 0. The van der Waals surface area contributed by atoms with Gasteiger partial charge in [-0.2, -0.15) is 0 Å². The minimum Gasteiger partial charge on any atom is -0.444 e. The zero-order valence-corrected chi connectivity index (χ0v) is 20.0. The molecule has 0 radical (unpaired) electrons. The second kappa shape index (κ2) is 8.60. The lowest BCUT2D eigenvalue weighted by Crippen LogP contribution is -2.37. The van der Waals surface area contributed by atoms with Crippen molar-refractivity contribution in [3.05, 3.63) is 15.7 Å². The van der Waals surface area contributed by atoms with Crippen LogP contribution >= 0.6 is 22.6 Å². The van der Waals surface area contributed by atoms with E-state index in [-0.39, 0.29) is 12.1 Å². The maximum atomic E-state index is 12.6. The van der Waals surface area contributed by atoms with E-state index in [9.17, 15) is 4.79 Å². The summed E-state index contributed by atoms with van der Waals surface area (Å²) in [5.74, 6) is 0.894. The number of hydrogen-bond acceptors (Lipinski definition) is 4. The van der Waals surface area contributed by atoms with Crippen molar-refractivity contribution in [2.45, 2.75) is 77.7 Å². The summed E-state index contributed by atoms with van der Waals surface area (Å²) >= 11 is 2.22. The third-order valence-corrected chi connectivity index (χ3v) is 6.41. The number of likely N-dealkylation sites (tertiary alicyclic amines) is 1. The Balaban J connectivity index is 2.06. The molecule has 0 aliphatic carbocycles. The molecule has 0 N–H and O–H groups in total. The van der Waals surface area contributed by atoms with Gasteiger partial charge in [0.25, 0.3) is 0 Å². The van der Waals surface area contributed by atoms with E-state index in [1.54, 1.807) is 0 Å². The van der Waals surface area contributed by atoms with Crippen LogP contribution in [0.15, 0.2) is 6.20 Å². The number of carbonyl (C=O) groups excluding carboxylic acids is 1. The van der Waals surface area contributed by atoms with Crippen LogP contribution in [0.4, 0.5) is 4.79 Å². The predicted molar refractivity (Wildman–Crippen MR) is 114 cm³/mol. The zero-order valence-electron chi connectivity index (χ0n) is 16.8. The molecule has 1 atom stereocenters. The second-order valence-electron chi connectivity index (χ2n) is 9.07. The number of nitrogens with zero attached hydrogens (tertiary/aromatic N) is 3. The summed E-state index contributed by atoms with van der Waals surface area (Å²) in [4.78, 5) is 19.1. The fraction of sp³-hybridized carbons (Fsp3) is 0.778. The maximum Gasteiger partial charge on any atom is 0.410 e. The Hall–Kier alpha value is -0.613. The molecule has 2 rings (SSSR count). The zero-order chi connectivity index (χ0) is 19.5. The summed E-state index contributed by atoms with van der Waals surface area (Å²) in [7, 11) is -1.10. The first-order chi connectivity index (χ1) is 12.0. The molecule has 0 bridgehead atoms. The molecule has 0 aromatic carbocycles. The largest absolute Gasteiger partial charge is 0.444 e. The Morgan fingerprint density at radius 2 is 2.08 bits per heavy atom. The number of rotatable bonds is 6. The molecule has 0 saturated carbocycles. The monoisotopic (exact) mass is 493 g/mol. The van der Waals surface area contributed by atoms with Crippen LogP contribution in [-0.4, -0.2) is 47.4 Å². The van der Waals surface area contributed by atoms with Crippen LogP contribution in [0.3, 0.4) is 0 Å². The Morgan fingerprint density at radius 3 is 2.69 bits per heavy atom. The third-order valence-electron chi connectivity index (χ3n) is 4.18. The highest BCUT2D eigenvalue weighted by Gasteiger charge is 2.35. The van der Waals surface area contributed by atoms with Gasteiger partial charge in [-0.25, -0.2) is 9.78 Å². The molecule has 1 saturated heterocycles. The van der Waals surface area contributed by atoms with Crippen LogP contribution in [0, 0.1) is 3.70 Å². The van der Waals surface area contributed by atoms with E-state index in [1.165, 1.54) is 0 Å². The highest BCUT2D eigenvalue weighted by atomic mass is 127. The van der Waals surface area contributed by atoms with Crippen LogP contribution in [0.25, 0.3) is 0 Å². The van der Waals surface area contributed by atoms with E-state index < -0.39 is 13.7 Å². The number of imidazole rings is 1. The highest BCUT2D eigenvalue weighted by Crippen LogP contribution is 2.33. The molecular weight excluding hydrogens is 461 g/mol. The van der Waals surface area contributed by atoms with Gasteiger partial charge in [-0.1, -0.05) is 19.6 Å². The lowest BCUT2D eigenvalue weighted by Gasteiger charge is -2.28. The van der Waals surface area contributed by atoms with E-state index in [4.69, 9.17) is 9.47 Å². The molecule has 26 heavy (non-hydrogen) atoms. The Morgan fingerprint density at radius 1 is 1.38 bits per heavy atom. The fourth-order valence-electron chi connectivity index (χ4n) is 2.88. The summed E-state index contributed by atoms with van der Waals surface area (Å²) in [6.07, 6.45) is 3.60. The van der Waals surface area contributed by atoms with E-state index in [0.717, 1.165) is 35.0 Å². The maximum absolute atomic E-state index is 12.6. The van der Waals surface area contributed by atoms with E-state index in [2.05, 4.69) is 47.2 Å². The lowest BCUT2D eigenvalue weighted by atomic mass is 10.2. The molecule has 148 valence electrons. The molecule has 1 amide bonds. The first kappa shape index (κ1) is 21.7. The van der Waals surface area contributed by atoms with Crippen LogP contribution in [0.1, 0.15) is 45.5 Å². The topological polar surface area (TPSA) is 56.6 Å². The molecular formula is C18H32IN3O3Si. The van der Waals surface area contributed by atoms with Gasteiger partial charge in [-0.15, -0.1) is 0 Å². The van der Waals surface area contributed by atoms with Gasteiger partial charge in [0, 0.05) is 27.4 Å². The molecule has 6 nitrogen and oxygen atoms in total. The molecule has 0 unspecified atom stereocenters. The van der Waals surface area contributed by atoms with Crippen LogP contribution in [0.2, 0.25) is 25.7 Å². The standard InChI is InChI=1S/C18H32IN3O3Si/c1-18(2,3)25-17(23)22-9-7-8-14(22)16-20-15(19)12-21(16)13-24-10-11-26(4,5)6/h12,14H,7-11,13H2,1-6H3/t14-/m0/s1. The number of amides is 1. The quantitative estimate of drug-likeness (QED) is 0.322. The SMILES string of the molecule is CC(C)(C)OC(=O)N1CCC[C@H]1c1nc(I)cn1COCC[Si](C)(C)C. The third kappa shape index (κ3) is 6.52. The van der Waals surface area contributed by atoms with Gasteiger partial charge in [0.15, 0.2) is 0 Å². The van der Waals surface area contributed by atoms with Gasteiger partial charge >= 0.3 is 6.09 Å². The Kier molecular flexibility index (Phi) is 7.17. The number of halogens is 1. The van der Waals surface area contributed by atoms with Crippen molar-refractivity contribution < 1.29 is 14.3 Å². The first-order valence-corrected chi connectivity index (χ1v) is 14.0. The molecule has 1 aromatic rings. The second-order valence-corrected chi connectivity index (χ2v) is 15.8. The summed E-state index contributed by atoms with van der Waals surface area (Å²) in [6, 6.07) is 1.09. The van der Waals surface area contributed by atoms with E-state index in [1.807, 2.05) is 36.4 Å². The number of ether oxygens (including phenoxy) is 2. The van der Waals surface area contributed by atoms with Crippen molar-refractivity contribution in [1.29, 1.82) is 0 Å². The molecule has 1 aliphatic heterocycles. The van der Waals surface area contributed by atoms with Crippen molar-refractivity contribution >= 4 is 36.8 Å². The van der Waals surface area contributed by atoms with Gasteiger partial charge in [0.2, 0.25) is 0 Å². The molecule has 2 heterocycles. The van der Waals surface area contributed by atoms with Crippen molar-refractivity contribution in [2.75, 3.05) is 13.2 Å². The number of aromatic nitrogens is 2. The van der Waals surface area contributed by atoms with Crippen LogP contribution < -0.4 is 0 Å². The van der Waals surface area contributed by atoms with Crippen LogP contribution in [0.5, 0.6) is 0 Å². The lowest BCUT2D eigenvalue weighted by molar-refractivity contribution is 0.0204. The summed E-state index contributed by atoms with van der Waals surface area (Å²) in [5.41, 5.74) is -0.492. The molecule has 1 aliphatic rings. The smallest absolute Gasteiger partial charge is 0.410 e. The fourth-order valence-corrected chi connectivity index (χ4v) is 4.22. The first-order valence-electron chi connectivity index (χ1n) is 9.26. The molecule has 1 fully saturated rings. The predicted octanol–water partition coefficient (Wildman–Crippen LogP) is 4.87. The Labute approximate surface area is 171 Å².